The SMILES string of the molecule is [CH2]c1cc(NC(=O)CSCCC(=O)O)ccc1F. The summed E-state index contributed by atoms with van der Waals surface area (Å²) in [5.74, 6) is -1.02. The van der Waals surface area contributed by atoms with Crippen LogP contribution in [0.1, 0.15) is 12.0 Å². The number of hydrogen-bond donors (Lipinski definition) is 2. The molecule has 0 saturated carbocycles. The van der Waals surface area contributed by atoms with Crippen molar-refractivity contribution >= 4 is 29.3 Å². The molecule has 18 heavy (non-hydrogen) atoms. The number of nitrogens with one attached hydrogen (secondary N) is 1. The first-order valence-electron chi connectivity index (χ1n) is 5.20. The van der Waals surface area contributed by atoms with Crippen molar-refractivity contribution in [2.75, 3.05) is 16.8 Å². The van der Waals surface area contributed by atoms with E-state index in [1.54, 1.807) is 0 Å². The minimum atomic E-state index is -0.886. The van der Waals surface area contributed by atoms with Crippen molar-refractivity contribution in [3.8, 4) is 0 Å². The van der Waals surface area contributed by atoms with Crippen molar-refractivity contribution in [3.63, 3.8) is 0 Å². The number of thioether (sulfide) groups is 1. The van der Waals surface area contributed by atoms with E-state index in [-0.39, 0.29) is 23.6 Å². The molecule has 97 valence electrons. The number of hydrogen-bond acceptors (Lipinski definition) is 3. The van der Waals surface area contributed by atoms with Crippen LogP contribution in [0.3, 0.4) is 0 Å². The van der Waals surface area contributed by atoms with Crippen molar-refractivity contribution in [2.45, 2.75) is 6.42 Å². The van der Waals surface area contributed by atoms with Crippen molar-refractivity contribution in [1.29, 1.82) is 0 Å². The van der Waals surface area contributed by atoms with Gasteiger partial charge in [-0.15, -0.1) is 0 Å². The highest BCUT2D eigenvalue weighted by atomic mass is 32.2. The smallest absolute Gasteiger partial charge is 0.304 e. The maximum Gasteiger partial charge on any atom is 0.304 e. The zero-order chi connectivity index (χ0) is 13.5. The fourth-order valence-electron chi connectivity index (χ4n) is 1.17. The molecule has 0 spiro atoms. The minimum Gasteiger partial charge on any atom is -0.481 e. The third-order valence-electron chi connectivity index (χ3n) is 2.02. The fourth-order valence-corrected chi connectivity index (χ4v) is 1.89. The van der Waals surface area contributed by atoms with Gasteiger partial charge in [-0.25, -0.2) is 4.39 Å². The molecule has 1 rings (SSSR count). The summed E-state index contributed by atoms with van der Waals surface area (Å²) in [5.41, 5.74) is 0.691. The van der Waals surface area contributed by atoms with E-state index >= 15 is 0 Å². The normalized spacial score (nSPS) is 10.1. The van der Waals surface area contributed by atoms with E-state index in [9.17, 15) is 14.0 Å². The molecule has 6 heteroatoms. The average Bonchev–Trinajstić information content (AvgIpc) is 2.29. The molecule has 4 nitrogen and oxygen atoms in total. The Morgan fingerprint density at radius 2 is 2.17 bits per heavy atom. The van der Waals surface area contributed by atoms with Crippen molar-refractivity contribution in [3.05, 3.63) is 36.5 Å². The number of benzene rings is 1. The molecule has 2 N–H and O–H groups in total. The Morgan fingerprint density at radius 3 is 2.78 bits per heavy atom. The minimum absolute atomic E-state index is 0.0253. The molecule has 0 aliphatic rings. The predicted octanol–water partition coefficient (Wildman–Crippen LogP) is 2.15. The number of anilines is 1. The molecule has 1 aromatic rings. The molecular weight excluding hydrogens is 257 g/mol. The van der Waals surface area contributed by atoms with E-state index in [0.717, 1.165) is 0 Å². The van der Waals surface area contributed by atoms with Crippen LogP contribution in [0.25, 0.3) is 0 Å². The van der Waals surface area contributed by atoms with Crippen LogP contribution in [0, 0.1) is 12.7 Å². The number of rotatable bonds is 6. The maximum absolute atomic E-state index is 12.9. The number of amides is 1. The highest BCUT2D eigenvalue weighted by molar-refractivity contribution is 7.99. The summed E-state index contributed by atoms with van der Waals surface area (Å²) < 4.78 is 12.9. The Kier molecular flexibility index (Phi) is 5.64. The molecule has 1 radical (unpaired) electrons. The Labute approximate surface area is 109 Å². The van der Waals surface area contributed by atoms with Gasteiger partial charge in [-0.05, 0) is 30.7 Å². The second-order valence-corrected chi connectivity index (χ2v) is 4.66. The van der Waals surface area contributed by atoms with E-state index in [1.165, 1.54) is 30.0 Å². The lowest BCUT2D eigenvalue weighted by Gasteiger charge is -2.06. The monoisotopic (exact) mass is 270 g/mol. The summed E-state index contributed by atoms with van der Waals surface area (Å²) in [5, 5.41) is 11.0. The molecule has 0 fully saturated rings. The molecule has 1 aromatic carbocycles. The van der Waals surface area contributed by atoms with Gasteiger partial charge >= 0.3 is 5.97 Å². The van der Waals surface area contributed by atoms with Crippen LogP contribution in [0.2, 0.25) is 0 Å². The lowest BCUT2D eigenvalue weighted by atomic mass is 10.2. The lowest BCUT2D eigenvalue weighted by Crippen LogP contribution is -2.14. The third-order valence-corrected chi connectivity index (χ3v) is 2.98. The summed E-state index contributed by atoms with van der Waals surface area (Å²) in [4.78, 5) is 21.7. The predicted molar refractivity (Wildman–Crippen MR) is 69.1 cm³/mol. The van der Waals surface area contributed by atoms with E-state index in [4.69, 9.17) is 5.11 Å². The van der Waals surface area contributed by atoms with E-state index < -0.39 is 11.8 Å². The molecule has 0 heterocycles. The van der Waals surface area contributed by atoms with Crippen LogP contribution in [0.5, 0.6) is 0 Å². The van der Waals surface area contributed by atoms with Crippen LogP contribution in [0.15, 0.2) is 18.2 Å². The van der Waals surface area contributed by atoms with Crippen LogP contribution in [-0.2, 0) is 9.59 Å². The number of carbonyl (C=O) groups is 2. The number of aliphatic carboxylic acids is 1. The molecular formula is C12H13FNO3S. The molecule has 0 atom stereocenters. The largest absolute Gasteiger partial charge is 0.481 e. The van der Waals surface area contributed by atoms with Gasteiger partial charge in [-0.2, -0.15) is 11.8 Å². The van der Waals surface area contributed by atoms with Crippen molar-refractivity contribution in [1.82, 2.24) is 0 Å². The van der Waals surface area contributed by atoms with Gasteiger partial charge in [0, 0.05) is 11.4 Å². The third kappa shape index (κ3) is 5.18. The van der Waals surface area contributed by atoms with Gasteiger partial charge in [0.25, 0.3) is 0 Å². The van der Waals surface area contributed by atoms with Gasteiger partial charge in [0.15, 0.2) is 0 Å². The number of carbonyl (C=O) groups excluding carboxylic acids is 1. The molecule has 0 aliphatic carbocycles. The topological polar surface area (TPSA) is 66.4 Å². The highest BCUT2D eigenvalue weighted by Crippen LogP contribution is 2.14. The molecule has 0 bridgehead atoms. The van der Waals surface area contributed by atoms with Gasteiger partial charge in [0.05, 0.1) is 12.2 Å². The number of carboxylic acids is 1. The summed E-state index contributed by atoms with van der Waals surface area (Å²) in [7, 11) is 0. The van der Waals surface area contributed by atoms with Gasteiger partial charge in [-0.3, -0.25) is 9.59 Å². The lowest BCUT2D eigenvalue weighted by molar-refractivity contribution is -0.136. The zero-order valence-electron chi connectivity index (χ0n) is 9.61. The Balaban J connectivity index is 2.35. The van der Waals surface area contributed by atoms with Crippen LogP contribution in [-0.4, -0.2) is 28.5 Å². The molecule has 0 unspecified atom stereocenters. The first-order valence-corrected chi connectivity index (χ1v) is 6.35. The van der Waals surface area contributed by atoms with Crippen LogP contribution >= 0.6 is 11.8 Å². The summed E-state index contributed by atoms with van der Waals surface area (Å²) in [6.45, 7) is 3.49. The van der Waals surface area contributed by atoms with Gasteiger partial charge in [-0.1, -0.05) is 0 Å². The van der Waals surface area contributed by atoms with Crippen LogP contribution < -0.4 is 5.32 Å². The fraction of sp³-hybridized carbons (Fsp3) is 0.250. The second-order valence-electron chi connectivity index (χ2n) is 3.55. The quantitative estimate of drug-likeness (QED) is 0.777. The van der Waals surface area contributed by atoms with Gasteiger partial charge < -0.3 is 10.4 Å². The molecule has 1 amide bonds. The molecule has 0 saturated heterocycles. The van der Waals surface area contributed by atoms with E-state index in [0.29, 0.717) is 11.4 Å². The average molecular weight is 270 g/mol. The van der Waals surface area contributed by atoms with Crippen molar-refractivity contribution < 1.29 is 19.1 Å². The maximum atomic E-state index is 12.9. The number of halogens is 1. The Bertz CT molecular complexity index is 451. The standard InChI is InChI=1S/C12H13FNO3S/c1-8-6-9(2-3-10(8)13)14-11(15)7-18-5-4-12(16)17/h2-3,6H,1,4-5,7H2,(H,14,15)(H,16,17). The van der Waals surface area contributed by atoms with Gasteiger partial charge in [0.1, 0.15) is 5.82 Å². The molecule has 0 aliphatic heterocycles. The van der Waals surface area contributed by atoms with E-state index in [1.807, 2.05) is 0 Å². The highest BCUT2D eigenvalue weighted by Gasteiger charge is 2.05. The zero-order valence-corrected chi connectivity index (χ0v) is 10.4. The Hall–Kier alpha value is -1.56. The van der Waals surface area contributed by atoms with E-state index in [2.05, 4.69) is 12.2 Å². The number of carboxylic acid groups (broad SMARTS) is 1. The first kappa shape index (κ1) is 14.5. The molecule has 0 aromatic heterocycles. The first-order chi connectivity index (χ1) is 8.49. The van der Waals surface area contributed by atoms with Gasteiger partial charge in [0.2, 0.25) is 5.91 Å². The Morgan fingerprint density at radius 1 is 1.44 bits per heavy atom. The second kappa shape index (κ2) is 7.00. The van der Waals surface area contributed by atoms with Crippen LogP contribution in [0.4, 0.5) is 10.1 Å². The van der Waals surface area contributed by atoms with Crippen molar-refractivity contribution in [2.24, 2.45) is 0 Å². The summed E-state index contributed by atoms with van der Waals surface area (Å²) in [6, 6.07) is 4.12. The summed E-state index contributed by atoms with van der Waals surface area (Å²) >= 11 is 1.23. The summed E-state index contributed by atoms with van der Waals surface area (Å²) in [6.07, 6.45) is 0.0253.